The van der Waals surface area contributed by atoms with Crippen LogP contribution in [0.2, 0.25) is 0 Å². The van der Waals surface area contributed by atoms with Crippen LogP contribution in [-0.4, -0.2) is 34.1 Å². The Morgan fingerprint density at radius 3 is 2.51 bits per heavy atom. The first kappa shape index (κ1) is 25.1. The lowest BCUT2D eigenvalue weighted by Crippen LogP contribution is -2.24. The van der Waals surface area contributed by atoms with Crippen LogP contribution in [0, 0.1) is 5.82 Å². The van der Waals surface area contributed by atoms with Crippen LogP contribution in [-0.2, 0) is 14.8 Å². The molecule has 0 unspecified atom stereocenters. The van der Waals surface area contributed by atoms with E-state index < -0.39 is 15.8 Å². The van der Waals surface area contributed by atoms with Crippen molar-refractivity contribution < 1.29 is 27.1 Å². The maximum absolute atomic E-state index is 13.5. The molecule has 0 aromatic heterocycles. The Morgan fingerprint density at radius 1 is 0.973 bits per heavy atom. The second kappa shape index (κ2) is 10.4. The van der Waals surface area contributed by atoms with Gasteiger partial charge in [-0.1, -0.05) is 18.2 Å². The normalized spacial score (nSPS) is 18.3. The summed E-state index contributed by atoms with van der Waals surface area (Å²) in [7, 11) is -2.37. The van der Waals surface area contributed by atoms with Crippen molar-refractivity contribution in [2.24, 2.45) is 0 Å². The third-order valence-corrected chi connectivity index (χ3v) is 8.28. The Morgan fingerprint density at radius 2 is 1.76 bits per heavy atom. The predicted octanol–water partition coefficient (Wildman–Crippen LogP) is 5.48. The van der Waals surface area contributed by atoms with Gasteiger partial charge in [0.05, 0.1) is 23.8 Å². The Kier molecular flexibility index (Phi) is 7.06. The second-order valence-corrected chi connectivity index (χ2v) is 11.1. The largest absolute Gasteiger partial charge is 0.493 e. The molecule has 2 aliphatic rings. The van der Waals surface area contributed by atoms with Crippen molar-refractivity contribution in [2.75, 3.05) is 23.3 Å². The number of anilines is 2. The molecule has 1 atom stereocenters. The number of ether oxygens (including phenoxy) is 2. The van der Waals surface area contributed by atoms with Crippen LogP contribution in [0.3, 0.4) is 0 Å². The molecule has 3 aromatic rings. The number of carbonyl (C=O) groups excluding carboxylic acids is 1. The van der Waals surface area contributed by atoms with E-state index in [0.717, 1.165) is 37.3 Å². The third kappa shape index (κ3) is 5.56. The summed E-state index contributed by atoms with van der Waals surface area (Å²) in [5.41, 5.74) is 1.87. The highest BCUT2D eigenvalue weighted by Crippen LogP contribution is 2.38. The van der Waals surface area contributed by atoms with E-state index in [0.29, 0.717) is 30.2 Å². The van der Waals surface area contributed by atoms with Crippen molar-refractivity contribution in [1.82, 2.24) is 0 Å². The van der Waals surface area contributed by atoms with E-state index in [1.54, 1.807) is 36.3 Å². The number of methoxy groups -OCH3 is 1. The first-order valence-electron chi connectivity index (χ1n) is 12.4. The maximum Gasteiger partial charge on any atom is 0.261 e. The summed E-state index contributed by atoms with van der Waals surface area (Å²) >= 11 is 0. The van der Waals surface area contributed by atoms with Crippen molar-refractivity contribution in [3.63, 3.8) is 0 Å². The number of amides is 1. The zero-order valence-electron chi connectivity index (χ0n) is 20.5. The first-order chi connectivity index (χ1) is 17.8. The van der Waals surface area contributed by atoms with E-state index in [1.807, 2.05) is 18.2 Å². The Labute approximate surface area is 216 Å². The summed E-state index contributed by atoms with van der Waals surface area (Å²) in [5, 5.41) is 0. The van der Waals surface area contributed by atoms with Gasteiger partial charge in [0.1, 0.15) is 5.82 Å². The minimum absolute atomic E-state index is 0.0445. The molecule has 7 nitrogen and oxygen atoms in total. The van der Waals surface area contributed by atoms with Gasteiger partial charge in [-0.3, -0.25) is 9.52 Å². The van der Waals surface area contributed by atoms with Gasteiger partial charge in [0.15, 0.2) is 11.5 Å². The van der Waals surface area contributed by atoms with E-state index in [2.05, 4.69) is 4.72 Å². The van der Waals surface area contributed by atoms with Crippen LogP contribution < -0.4 is 19.1 Å². The van der Waals surface area contributed by atoms with Gasteiger partial charge >= 0.3 is 0 Å². The second-order valence-electron chi connectivity index (χ2n) is 9.45. The van der Waals surface area contributed by atoms with Gasteiger partial charge < -0.3 is 14.4 Å². The minimum atomic E-state index is -3.98. The van der Waals surface area contributed by atoms with Crippen LogP contribution in [0.4, 0.5) is 15.8 Å². The van der Waals surface area contributed by atoms with Crippen molar-refractivity contribution in [3.8, 4) is 11.5 Å². The van der Waals surface area contributed by atoms with E-state index in [9.17, 15) is 17.6 Å². The number of hydrogen-bond acceptors (Lipinski definition) is 5. The van der Waals surface area contributed by atoms with Crippen LogP contribution in [0.5, 0.6) is 11.5 Å². The quantitative estimate of drug-likeness (QED) is 0.422. The van der Waals surface area contributed by atoms with Gasteiger partial charge in [-0.2, -0.15) is 0 Å². The van der Waals surface area contributed by atoms with Gasteiger partial charge in [-0.25, -0.2) is 12.8 Å². The standard InChI is InChI=1S/C28H29FN2O5S/c1-35-26-13-12-19(14-27(26)36-24-9-2-3-10-24)20-15-28(32)31(18-20)23-8-5-7-22(17-23)30-37(33,34)25-11-4-6-21(29)16-25/h4-8,11-14,16-17,20,24,30H,2-3,9-10,15,18H2,1H3/t20-/m0/s1. The fourth-order valence-electron chi connectivity index (χ4n) is 4.99. The van der Waals surface area contributed by atoms with E-state index in [1.165, 1.54) is 18.2 Å². The molecule has 194 valence electrons. The highest BCUT2D eigenvalue weighted by molar-refractivity contribution is 7.92. The van der Waals surface area contributed by atoms with E-state index in [4.69, 9.17) is 9.47 Å². The van der Waals surface area contributed by atoms with Gasteiger partial charge in [0, 0.05) is 24.6 Å². The molecule has 3 aromatic carbocycles. The molecule has 9 heteroatoms. The summed E-state index contributed by atoms with van der Waals surface area (Å²) in [6, 6.07) is 17.3. The number of sulfonamides is 1. The Balaban J connectivity index is 1.33. The summed E-state index contributed by atoms with van der Waals surface area (Å²) in [6.45, 7) is 0.453. The van der Waals surface area contributed by atoms with E-state index >= 15 is 0 Å². The summed E-state index contributed by atoms with van der Waals surface area (Å²) in [4.78, 5) is 14.5. The van der Waals surface area contributed by atoms with Crippen molar-refractivity contribution in [3.05, 3.63) is 78.1 Å². The molecule has 0 spiro atoms. The molecule has 0 bridgehead atoms. The first-order valence-corrected chi connectivity index (χ1v) is 13.8. The predicted molar refractivity (Wildman–Crippen MR) is 139 cm³/mol. The lowest BCUT2D eigenvalue weighted by Gasteiger charge is -2.20. The summed E-state index contributed by atoms with van der Waals surface area (Å²) in [5.74, 6) is 0.642. The molecule has 1 aliphatic carbocycles. The minimum Gasteiger partial charge on any atom is -0.493 e. The molecule has 1 saturated heterocycles. The van der Waals surface area contributed by atoms with Crippen LogP contribution in [0.15, 0.2) is 71.6 Å². The number of hydrogen-bond donors (Lipinski definition) is 1. The fraction of sp³-hybridized carbons (Fsp3) is 0.321. The average molecular weight is 525 g/mol. The SMILES string of the molecule is COc1ccc([C@H]2CC(=O)N(c3cccc(NS(=O)(=O)c4cccc(F)c4)c3)C2)cc1OC1CCCC1. The van der Waals surface area contributed by atoms with Gasteiger partial charge in [-0.15, -0.1) is 0 Å². The lowest BCUT2D eigenvalue weighted by molar-refractivity contribution is -0.117. The smallest absolute Gasteiger partial charge is 0.261 e. The summed E-state index contributed by atoms with van der Waals surface area (Å²) in [6.07, 6.45) is 4.90. The number of carbonyl (C=O) groups is 1. The average Bonchev–Trinajstić information content (AvgIpc) is 3.53. The van der Waals surface area contributed by atoms with Crippen molar-refractivity contribution in [1.29, 1.82) is 0 Å². The number of nitrogens with one attached hydrogen (secondary N) is 1. The zero-order chi connectivity index (χ0) is 26.0. The zero-order valence-corrected chi connectivity index (χ0v) is 21.3. The molecule has 1 saturated carbocycles. The van der Waals surface area contributed by atoms with Crippen LogP contribution in [0.1, 0.15) is 43.6 Å². The third-order valence-electron chi connectivity index (χ3n) is 6.90. The molecule has 1 amide bonds. The van der Waals surface area contributed by atoms with Gasteiger partial charge in [-0.05, 0) is 79.8 Å². The topological polar surface area (TPSA) is 84.9 Å². The molecular formula is C28H29FN2O5S. The molecule has 1 heterocycles. The molecule has 2 fully saturated rings. The Hall–Kier alpha value is -3.59. The monoisotopic (exact) mass is 524 g/mol. The number of benzene rings is 3. The van der Waals surface area contributed by atoms with E-state index in [-0.39, 0.29) is 28.5 Å². The van der Waals surface area contributed by atoms with Gasteiger partial charge in [0.2, 0.25) is 5.91 Å². The van der Waals surface area contributed by atoms with Crippen molar-refractivity contribution >= 4 is 27.3 Å². The fourth-order valence-corrected chi connectivity index (χ4v) is 6.07. The molecule has 1 aliphatic heterocycles. The molecular weight excluding hydrogens is 495 g/mol. The molecule has 0 radical (unpaired) electrons. The molecule has 5 rings (SSSR count). The number of nitrogens with zero attached hydrogens (tertiary/aromatic N) is 1. The van der Waals surface area contributed by atoms with Crippen LogP contribution in [0.25, 0.3) is 0 Å². The lowest BCUT2D eigenvalue weighted by atomic mass is 9.98. The molecule has 1 N–H and O–H groups in total. The molecule has 37 heavy (non-hydrogen) atoms. The highest BCUT2D eigenvalue weighted by atomic mass is 32.2. The maximum atomic E-state index is 13.5. The van der Waals surface area contributed by atoms with Gasteiger partial charge in [0.25, 0.3) is 10.0 Å². The summed E-state index contributed by atoms with van der Waals surface area (Å²) < 4.78 is 53.2. The highest BCUT2D eigenvalue weighted by Gasteiger charge is 2.32. The number of halogens is 1. The van der Waals surface area contributed by atoms with Crippen molar-refractivity contribution in [2.45, 2.75) is 49.0 Å². The van der Waals surface area contributed by atoms with Crippen LogP contribution >= 0.6 is 0 Å². The number of rotatable bonds is 8. The Bertz CT molecular complexity index is 1410.